The molecule has 0 spiro atoms. The summed E-state index contributed by atoms with van der Waals surface area (Å²) in [6, 6.07) is 0. The summed E-state index contributed by atoms with van der Waals surface area (Å²) in [4.78, 5) is 13.8. The van der Waals surface area contributed by atoms with E-state index in [4.69, 9.17) is 9.47 Å². The van der Waals surface area contributed by atoms with Gasteiger partial charge < -0.3 is 14.4 Å². The number of ether oxygens (including phenoxy) is 2. The Hall–Kier alpha value is -0.290. The quantitative estimate of drug-likeness (QED) is 0.104. The number of nitrogens with zero attached hydrogens (tertiary/aromatic N) is 1. The number of alkyl halides is 1. The molecule has 5 heteroatoms. The molecule has 1 heterocycles. The van der Waals surface area contributed by atoms with E-state index < -0.39 is 0 Å². The van der Waals surface area contributed by atoms with E-state index in [1.54, 1.807) is 0 Å². The molecule has 1 aliphatic heterocycles. The number of hydrogen-bond donors (Lipinski definition) is 0. The largest absolute Gasteiger partial charge is 0.442 e. The van der Waals surface area contributed by atoms with Crippen molar-refractivity contribution in [2.24, 2.45) is 0 Å². The first kappa shape index (κ1) is 28.7. The summed E-state index contributed by atoms with van der Waals surface area (Å²) in [6.07, 6.45) is 23.6. The average molecular weight is 505 g/mol. The predicted molar refractivity (Wildman–Crippen MR) is 135 cm³/mol. The van der Waals surface area contributed by atoms with Crippen LogP contribution in [0.25, 0.3) is 0 Å². The number of rotatable bonds is 23. The van der Waals surface area contributed by atoms with Gasteiger partial charge in [-0.3, -0.25) is 0 Å². The van der Waals surface area contributed by atoms with E-state index in [-0.39, 0.29) is 12.2 Å². The van der Waals surface area contributed by atoms with Crippen molar-refractivity contribution in [2.45, 2.75) is 129 Å². The fourth-order valence-corrected chi connectivity index (χ4v) is 4.60. The summed E-state index contributed by atoms with van der Waals surface area (Å²) < 4.78 is 11.2. The normalized spacial score (nSPS) is 16.3. The van der Waals surface area contributed by atoms with Crippen LogP contribution in [0.2, 0.25) is 0 Å². The molecular weight excluding hydrogens is 454 g/mol. The smallest absolute Gasteiger partial charge is 0.410 e. The highest BCUT2D eigenvalue weighted by atomic mass is 79.9. The third kappa shape index (κ3) is 16.9. The maximum absolute atomic E-state index is 11.9. The van der Waals surface area contributed by atoms with Crippen LogP contribution in [0, 0.1) is 0 Å². The first-order valence-electron chi connectivity index (χ1n) is 13.4. The SMILES string of the molecule is CCCCCCCCCCCCCCCCOCC1CN(CCCCCCBr)C(=O)O1. The van der Waals surface area contributed by atoms with Gasteiger partial charge in [-0.2, -0.15) is 0 Å². The summed E-state index contributed by atoms with van der Waals surface area (Å²) in [6.45, 7) is 5.13. The number of hydrogen-bond acceptors (Lipinski definition) is 3. The summed E-state index contributed by atoms with van der Waals surface area (Å²) in [5.41, 5.74) is 0. The molecule has 0 bridgehead atoms. The van der Waals surface area contributed by atoms with Gasteiger partial charge in [0.25, 0.3) is 0 Å². The predicted octanol–water partition coefficient (Wildman–Crippen LogP) is 8.26. The second-order valence-electron chi connectivity index (χ2n) is 9.23. The van der Waals surface area contributed by atoms with Crippen molar-refractivity contribution < 1.29 is 14.3 Å². The first-order valence-corrected chi connectivity index (χ1v) is 14.5. The zero-order chi connectivity index (χ0) is 22.4. The maximum Gasteiger partial charge on any atom is 0.410 e. The minimum absolute atomic E-state index is 0.0818. The fraction of sp³-hybridized carbons (Fsp3) is 0.962. The lowest BCUT2D eigenvalue weighted by Gasteiger charge is -2.12. The number of carbonyl (C=O) groups is 1. The standard InChI is InChI=1S/C26H50BrNO3/c1-2-3-4-5-6-7-8-9-10-11-12-13-16-19-22-30-24-25-23-28(26(29)31-25)21-18-15-14-17-20-27/h25H,2-24H2,1H3. The van der Waals surface area contributed by atoms with Crippen molar-refractivity contribution in [1.29, 1.82) is 0 Å². The highest BCUT2D eigenvalue weighted by Crippen LogP contribution is 2.15. The third-order valence-corrected chi connectivity index (χ3v) is 6.77. The minimum atomic E-state index is -0.161. The molecule has 1 aliphatic rings. The number of carbonyl (C=O) groups excluding carboxylic acids is 1. The van der Waals surface area contributed by atoms with Crippen molar-refractivity contribution in [3.8, 4) is 0 Å². The van der Waals surface area contributed by atoms with E-state index in [0.29, 0.717) is 13.2 Å². The Balaban J connectivity index is 1.81. The molecule has 0 N–H and O–H groups in total. The van der Waals surface area contributed by atoms with E-state index in [2.05, 4.69) is 22.9 Å². The molecule has 0 aromatic rings. The zero-order valence-electron chi connectivity index (χ0n) is 20.4. The fourth-order valence-electron chi connectivity index (χ4n) is 4.21. The van der Waals surface area contributed by atoms with Gasteiger partial charge in [0.05, 0.1) is 13.2 Å². The summed E-state index contributed by atoms with van der Waals surface area (Å²) in [7, 11) is 0. The molecule has 184 valence electrons. The van der Waals surface area contributed by atoms with Gasteiger partial charge in [0.15, 0.2) is 0 Å². The summed E-state index contributed by atoms with van der Waals surface area (Å²) in [5, 5.41) is 1.07. The van der Waals surface area contributed by atoms with Crippen LogP contribution in [0.1, 0.15) is 122 Å². The summed E-state index contributed by atoms with van der Waals surface area (Å²) in [5.74, 6) is 0. The van der Waals surface area contributed by atoms with Gasteiger partial charge in [-0.15, -0.1) is 0 Å². The van der Waals surface area contributed by atoms with Crippen molar-refractivity contribution in [3.05, 3.63) is 0 Å². The molecule has 1 atom stereocenters. The molecule has 1 fully saturated rings. The van der Waals surface area contributed by atoms with E-state index in [1.165, 1.54) is 103 Å². The molecule has 0 aromatic heterocycles. The van der Waals surface area contributed by atoms with Gasteiger partial charge in [-0.25, -0.2) is 4.79 Å². The molecule has 0 saturated carbocycles. The second kappa shape index (κ2) is 21.6. The van der Waals surface area contributed by atoms with Crippen LogP contribution >= 0.6 is 15.9 Å². The van der Waals surface area contributed by atoms with E-state index in [0.717, 1.165) is 31.3 Å². The first-order chi connectivity index (χ1) is 15.3. The van der Waals surface area contributed by atoms with E-state index >= 15 is 0 Å². The number of cyclic esters (lactones) is 1. The lowest BCUT2D eigenvalue weighted by molar-refractivity contribution is 0.0443. The highest BCUT2D eigenvalue weighted by Gasteiger charge is 2.30. The van der Waals surface area contributed by atoms with Crippen molar-refractivity contribution in [2.75, 3.05) is 31.6 Å². The molecular formula is C26H50BrNO3. The van der Waals surface area contributed by atoms with Gasteiger partial charge in [0.1, 0.15) is 6.10 Å². The molecule has 1 amide bonds. The summed E-state index contributed by atoms with van der Waals surface area (Å²) >= 11 is 3.46. The second-order valence-corrected chi connectivity index (χ2v) is 10.0. The van der Waals surface area contributed by atoms with Crippen LogP contribution < -0.4 is 0 Å². The Morgan fingerprint density at radius 1 is 0.806 bits per heavy atom. The highest BCUT2D eigenvalue weighted by molar-refractivity contribution is 9.09. The Kier molecular flexibility index (Phi) is 20.0. The van der Waals surface area contributed by atoms with Crippen LogP contribution in [0.4, 0.5) is 4.79 Å². The van der Waals surface area contributed by atoms with Gasteiger partial charge >= 0.3 is 6.09 Å². The van der Waals surface area contributed by atoms with Crippen molar-refractivity contribution in [1.82, 2.24) is 4.90 Å². The molecule has 1 rings (SSSR count). The Morgan fingerprint density at radius 2 is 1.32 bits per heavy atom. The van der Waals surface area contributed by atoms with E-state index in [9.17, 15) is 4.79 Å². The molecule has 0 aliphatic carbocycles. The topological polar surface area (TPSA) is 38.8 Å². The number of halogens is 1. The Morgan fingerprint density at radius 3 is 1.90 bits per heavy atom. The monoisotopic (exact) mass is 503 g/mol. The number of unbranched alkanes of at least 4 members (excludes halogenated alkanes) is 16. The van der Waals surface area contributed by atoms with Gasteiger partial charge in [0, 0.05) is 18.5 Å². The molecule has 1 saturated heterocycles. The Labute approximate surface area is 201 Å². The zero-order valence-corrected chi connectivity index (χ0v) is 22.0. The molecule has 0 radical (unpaired) electrons. The molecule has 4 nitrogen and oxygen atoms in total. The van der Waals surface area contributed by atoms with Gasteiger partial charge in [-0.1, -0.05) is 119 Å². The van der Waals surface area contributed by atoms with Crippen LogP contribution in [-0.4, -0.2) is 48.7 Å². The lowest BCUT2D eigenvalue weighted by Crippen LogP contribution is -2.27. The van der Waals surface area contributed by atoms with Crippen LogP contribution in [-0.2, 0) is 9.47 Å². The van der Waals surface area contributed by atoms with Crippen LogP contribution in [0.15, 0.2) is 0 Å². The van der Waals surface area contributed by atoms with Crippen LogP contribution in [0.3, 0.4) is 0 Å². The number of amides is 1. The van der Waals surface area contributed by atoms with Crippen LogP contribution in [0.5, 0.6) is 0 Å². The average Bonchev–Trinajstić information content (AvgIpc) is 3.12. The molecule has 1 unspecified atom stereocenters. The van der Waals surface area contributed by atoms with Gasteiger partial charge in [0.2, 0.25) is 0 Å². The van der Waals surface area contributed by atoms with E-state index in [1.807, 2.05) is 4.90 Å². The van der Waals surface area contributed by atoms with Crippen molar-refractivity contribution >= 4 is 22.0 Å². The third-order valence-electron chi connectivity index (χ3n) is 6.21. The van der Waals surface area contributed by atoms with Crippen molar-refractivity contribution in [3.63, 3.8) is 0 Å². The van der Waals surface area contributed by atoms with Gasteiger partial charge in [-0.05, 0) is 19.3 Å². The lowest BCUT2D eigenvalue weighted by atomic mass is 10.0. The minimum Gasteiger partial charge on any atom is -0.442 e. The Bertz CT molecular complexity index is 408. The molecule has 31 heavy (non-hydrogen) atoms. The molecule has 0 aromatic carbocycles. The maximum atomic E-state index is 11.9.